The fourth-order valence-electron chi connectivity index (χ4n) is 2.46. The largest absolute Gasteiger partial charge is 0.497 e. The summed E-state index contributed by atoms with van der Waals surface area (Å²) in [5.74, 6) is 0.286. The number of thiazole rings is 1. The van der Waals surface area contributed by atoms with Gasteiger partial charge in [-0.15, -0.1) is 11.3 Å². The molecule has 1 heterocycles. The number of anilines is 1. The van der Waals surface area contributed by atoms with Crippen LogP contribution in [0.1, 0.15) is 11.3 Å². The van der Waals surface area contributed by atoms with Gasteiger partial charge in [0.1, 0.15) is 22.4 Å². The molecule has 0 atom stereocenters. The smallest absolute Gasteiger partial charge is 0.266 e. The number of amides is 1. The number of methoxy groups -OCH3 is 1. The molecule has 0 radical (unpaired) electrons. The summed E-state index contributed by atoms with van der Waals surface area (Å²) in [6.45, 7) is 1.94. The van der Waals surface area contributed by atoms with E-state index in [1.807, 2.05) is 60.8 Å². The van der Waals surface area contributed by atoms with Gasteiger partial charge in [0.05, 0.1) is 12.8 Å². The first-order chi connectivity index (χ1) is 13.1. The normalized spacial score (nSPS) is 10.9. The minimum Gasteiger partial charge on any atom is -0.497 e. The van der Waals surface area contributed by atoms with Crippen LogP contribution >= 0.6 is 11.3 Å². The number of ether oxygens (including phenoxy) is 1. The number of benzene rings is 2. The molecular weight excluding hydrogens is 358 g/mol. The van der Waals surface area contributed by atoms with E-state index in [4.69, 9.17) is 4.74 Å². The van der Waals surface area contributed by atoms with Crippen molar-refractivity contribution in [2.75, 3.05) is 12.4 Å². The number of nitrogens with one attached hydrogen (secondary N) is 1. The zero-order chi connectivity index (χ0) is 19.2. The molecule has 6 heteroatoms. The fourth-order valence-corrected chi connectivity index (χ4v) is 3.23. The number of rotatable bonds is 5. The molecule has 1 N–H and O–H groups in total. The third-order valence-electron chi connectivity index (χ3n) is 3.77. The van der Waals surface area contributed by atoms with Crippen molar-refractivity contribution in [3.63, 3.8) is 0 Å². The maximum absolute atomic E-state index is 12.4. The monoisotopic (exact) mass is 375 g/mol. The highest BCUT2D eigenvalue weighted by Gasteiger charge is 2.11. The lowest BCUT2D eigenvalue weighted by molar-refractivity contribution is -0.112. The minimum absolute atomic E-state index is 0.000927. The molecule has 0 aliphatic heterocycles. The van der Waals surface area contributed by atoms with Crippen LogP contribution in [0.4, 0.5) is 5.69 Å². The summed E-state index contributed by atoms with van der Waals surface area (Å²) in [5.41, 5.74) is 3.16. The van der Waals surface area contributed by atoms with Crippen molar-refractivity contribution < 1.29 is 9.53 Å². The van der Waals surface area contributed by atoms with Crippen LogP contribution < -0.4 is 10.1 Å². The van der Waals surface area contributed by atoms with Crippen molar-refractivity contribution in [3.05, 3.63) is 70.7 Å². The molecule has 0 saturated carbocycles. The van der Waals surface area contributed by atoms with E-state index >= 15 is 0 Å². The second-order valence-corrected chi connectivity index (χ2v) is 6.66. The van der Waals surface area contributed by atoms with Crippen LogP contribution in [0.25, 0.3) is 16.6 Å². The summed E-state index contributed by atoms with van der Waals surface area (Å²) >= 11 is 1.44. The summed E-state index contributed by atoms with van der Waals surface area (Å²) < 4.78 is 5.23. The third-order valence-corrected chi connectivity index (χ3v) is 4.68. The second-order valence-electron chi connectivity index (χ2n) is 5.80. The molecular formula is C21H17N3O2S. The summed E-state index contributed by atoms with van der Waals surface area (Å²) in [6.07, 6.45) is 1.49. The van der Waals surface area contributed by atoms with Crippen LogP contribution in [0.5, 0.6) is 5.75 Å². The molecule has 3 rings (SSSR count). The van der Waals surface area contributed by atoms with Gasteiger partial charge in [-0.25, -0.2) is 4.98 Å². The highest BCUT2D eigenvalue weighted by atomic mass is 32.1. The van der Waals surface area contributed by atoms with Gasteiger partial charge in [0.2, 0.25) is 0 Å². The maximum Gasteiger partial charge on any atom is 0.266 e. The molecule has 27 heavy (non-hydrogen) atoms. The summed E-state index contributed by atoms with van der Waals surface area (Å²) in [6, 6.07) is 16.9. The zero-order valence-electron chi connectivity index (χ0n) is 14.9. The molecule has 1 amide bonds. The lowest BCUT2D eigenvalue weighted by atomic mass is 10.2. The fraction of sp³-hybridized carbons (Fsp3) is 0.0952. The second kappa shape index (κ2) is 8.30. The summed E-state index contributed by atoms with van der Waals surface area (Å²) in [7, 11) is 1.61. The lowest BCUT2D eigenvalue weighted by Crippen LogP contribution is -2.13. The van der Waals surface area contributed by atoms with Crippen LogP contribution in [0.15, 0.2) is 59.5 Å². The van der Waals surface area contributed by atoms with E-state index in [0.717, 1.165) is 21.9 Å². The molecule has 0 fully saturated rings. The molecule has 0 spiro atoms. The predicted molar refractivity (Wildman–Crippen MR) is 108 cm³/mol. The van der Waals surface area contributed by atoms with Crippen molar-refractivity contribution >= 4 is 29.0 Å². The molecule has 134 valence electrons. The number of carbonyl (C=O) groups excluding carboxylic acids is 1. The van der Waals surface area contributed by atoms with Crippen LogP contribution in [0.2, 0.25) is 0 Å². The standard InChI is InChI=1S/C21H17N3O2S/c1-14-5-3-7-17(9-14)23-20(25)16(12-22)10-18-13-27-21(24-18)15-6-4-8-19(11-15)26-2/h3-11,13H,1-2H3,(H,23,25). The molecule has 0 aliphatic carbocycles. The van der Waals surface area contributed by atoms with Crippen molar-refractivity contribution in [1.29, 1.82) is 5.26 Å². The molecule has 5 nitrogen and oxygen atoms in total. The third kappa shape index (κ3) is 4.60. The Labute approximate surface area is 161 Å². The Balaban J connectivity index is 1.81. The van der Waals surface area contributed by atoms with Gasteiger partial charge in [0.15, 0.2) is 0 Å². The number of carbonyl (C=O) groups is 1. The number of hydrogen-bond donors (Lipinski definition) is 1. The van der Waals surface area contributed by atoms with E-state index in [1.54, 1.807) is 13.2 Å². The molecule has 0 unspecified atom stereocenters. The molecule has 3 aromatic rings. The van der Waals surface area contributed by atoms with Crippen molar-refractivity contribution in [3.8, 4) is 22.4 Å². The average Bonchev–Trinajstić information content (AvgIpc) is 3.15. The van der Waals surface area contributed by atoms with Crippen LogP contribution in [-0.4, -0.2) is 18.0 Å². The molecule has 1 aromatic heterocycles. The van der Waals surface area contributed by atoms with Gasteiger partial charge < -0.3 is 10.1 Å². The van der Waals surface area contributed by atoms with Crippen LogP contribution in [-0.2, 0) is 4.79 Å². The zero-order valence-corrected chi connectivity index (χ0v) is 15.7. The Bertz CT molecular complexity index is 1050. The quantitative estimate of drug-likeness (QED) is 0.519. The van der Waals surface area contributed by atoms with Crippen molar-refractivity contribution in [2.45, 2.75) is 6.92 Å². The number of aromatic nitrogens is 1. The van der Waals surface area contributed by atoms with Crippen molar-refractivity contribution in [2.24, 2.45) is 0 Å². The van der Waals surface area contributed by atoms with E-state index in [9.17, 15) is 10.1 Å². The Morgan fingerprint density at radius 1 is 1.26 bits per heavy atom. The highest BCUT2D eigenvalue weighted by Crippen LogP contribution is 2.27. The molecule has 0 bridgehead atoms. The summed E-state index contributed by atoms with van der Waals surface area (Å²) in [4.78, 5) is 16.9. The molecule has 0 saturated heterocycles. The maximum atomic E-state index is 12.4. The van der Waals surface area contributed by atoms with E-state index in [1.165, 1.54) is 17.4 Å². The van der Waals surface area contributed by atoms with Gasteiger partial charge in [0, 0.05) is 16.6 Å². The van der Waals surface area contributed by atoms with Gasteiger partial charge in [0.25, 0.3) is 5.91 Å². The van der Waals surface area contributed by atoms with Gasteiger partial charge in [-0.1, -0.05) is 24.3 Å². The van der Waals surface area contributed by atoms with Gasteiger partial charge in [-0.3, -0.25) is 4.79 Å². The lowest BCUT2D eigenvalue weighted by Gasteiger charge is -2.04. The predicted octanol–water partition coefficient (Wildman–Crippen LogP) is 4.67. The van der Waals surface area contributed by atoms with Gasteiger partial charge in [-0.2, -0.15) is 5.26 Å². The number of nitrogens with zero attached hydrogens (tertiary/aromatic N) is 2. The minimum atomic E-state index is -0.459. The van der Waals surface area contributed by atoms with Crippen LogP contribution in [0.3, 0.4) is 0 Å². The Hall–Kier alpha value is -3.43. The summed E-state index contributed by atoms with van der Waals surface area (Å²) in [5, 5.41) is 14.7. The van der Waals surface area contributed by atoms with Crippen LogP contribution in [0, 0.1) is 18.3 Å². The first kappa shape index (κ1) is 18.4. The first-order valence-corrected chi connectivity index (χ1v) is 9.07. The highest BCUT2D eigenvalue weighted by molar-refractivity contribution is 7.13. The van der Waals surface area contributed by atoms with Crippen molar-refractivity contribution in [1.82, 2.24) is 4.98 Å². The Morgan fingerprint density at radius 2 is 2.07 bits per heavy atom. The van der Waals surface area contributed by atoms with Gasteiger partial charge >= 0.3 is 0 Å². The van der Waals surface area contributed by atoms with E-state index in [2.05, 4.69) is 10.3 Å². The number of aryl methyl sites for hydroxylation is 1. The SMILES string of the molecule is COc1cccc(-c2nc(C=C(C#N)C(=O)Nc3cccc(C)c3)cs2)c1. The van der Waals surface area contributed by atoms with E-state index < -0.39 is 5.91 Å². The topological polar surface area (TPSA) is 75.0 Å². The Kier molecular flexibility index (Phi) is 5.64. The molecule has 2 aromatic carbocycles. The number of nitriles is 1. The van der Waals surface area contributed by atoms with E-state index in [0.29, 0.717) is 11.4 Å². The molecule has 0 aliphatic rings. The Morgan fingerprint density at radius 3 is 2.81 bits per heavy atom. The first-order valence-electron chi connectivity index (χ1n) is 8.19. The van der Waals surface area contributed by atoms with E-state index in [-0.39, 0.29) is 5.57 Å². The number of hydrogen-bond acceptors (Lipinski definition) is 5. The average molecular weight is 375 g/mol. The van der Waals surface area contributed by atoms with Gasteiger partial charge in [-0.05, 0) is 42.8 Å².